The summed E-state index contributed by atoms with van der Waals surface area (Å²) >= 11 is -0.972. The zero-order chi connectivity index (χ0) is 10.3. The topological polar surface area (TPSA) is 0 Å². The second-order valence-electron chi connectivity index (χ2n) is 3.13. The van der Waals surface area contributed by atoms with Gasteiger partial charge in [-0.05, 0) is 12.3 Å². The Morgan fingerprint density at radius 3 is 2.15 bits per heavy atom. The molecule has 0 saturated carbocycles. The zero-order valence-electron chi connectivity index (χ0n) is 8.27. The van der Waals surface area contributed by atoms with Gasteiger partial charge in [0.05, 0.1) is 0 Å². The normalized spacial score (nSPS) is 14.6. The molecule has 0 saturated heterocycles. The van der Waals surface area contributed by atoms with E-state index >= 15 is 0 Å². The summed E-state index contributed by atoms with van der Waals surface area (Å²) in [6.07, 6.45) is 7.90. The van der Waals surface area contributed by atoms with Gasteiger partial charge in [-0.1, -0.05) is 44.1 Å². The Labute approximate surface area is 99.9 Å². The van der Waals surface area contributed by atoms with Crippen LogP contribution in [0.25, 0.3) is 0 Å². The average molecular weight is 385 g/mol. The van der Waals surface area contributed by atoms with Gasteiger partial charge in [0.1, 0.15) is 0 Å². The molecule has 1 radical (unpaired) electrons. The molecule has 0 atom stereocenters. The molecule has 0 nitrogen and oxygen atoms in total. The van der Waals surface area contributed by atoms with Crippen molar-refractivity contribution >= 4 is 17.2 Å². The number of halogens is 2. The maximum atomic E-state index is 4.96. The van der Waals surface area contributed by atoms with E-state index in [1.807, 2.05) is 0 Å². The van der Waals surface area contributed by atoms with Crippen LogP contribution in [0.3, 0.4) is 0 Å². The molecular formula is C10H15Cl2Hf. The monoisotopic (exact) mass is 385 g/mol. The SMILES string of the molecule is CCC1=C[CH]C(C(C)C)=C1.[Cl][Hf][Cl]. The summed E-state index contributed by atoms with van der Waals surface area (Å²) in [4.78, 5) is 0. The predicted octanol–water partition coefficient (Wildman–Crippen LogP) is 4.50. The van der Waals surface area contributed by atoms with Gasteiger partial charge in [0.25, 0.3) is 0 Å². The van der Waals surface area contributed by atoms with E-state index in [4.69, 9.17) is 17.2 Å². The summed E-state index contributed by atoms with van der Waals surface area (Å²) in [7, 11) is 9.92. The third-order valence-electron chi connectivity index (χ3n) is 1.92. The van der Waals surface area contributed by atoms with Crippen LogP contribution in [0.15, 0.2) is 23.3 Å². The third kappa shape index (κ3) is 6.09. The molecule has 13 heavy (non-hydrogen) atoms. The van der Waals surface area contributed by atoms with E-state index in [1.54, 1.807) is 0 Å². The van der Waals surface area contributed by atoms with Gasteiger partial charge in [-0.2, -0.15) is 0 Å². The molecule has 3 heteroatoms. The van der Waals surface area contributed by atoms with Crippen molar-refractivity contribution in [3.8, 4) is 0 Å². The molecular weight excluding hydrogens is 370 g/mol. The Morgan fingerprint density at radius 1 is 1.38 bits per heavy atom. The molecule has 0 spiro atoms. The number of allylic oxidation sites excluding steroid dienone is 4. The van der Waals surface area contributed by atoms with Gasteiger partial charge in [-0.15, -0.1) is 0 Å². The Hall–Kier alpha value is 0.930. The van der Waals surface area contributed by atoms with Crippen LogP contribution >= 0.6 is 17.2 Å². The quantitative estimate of drug-likeness (QED) is 0.615. The van der Waals surface area contributed by atoms with Crippen LogP contribution in [0.1, 0.15) is 27.2 Å². The van der Waals surface area contributed by atoms with Gasteiger partial charge in [0.15, 0.2) is 0 Å². The van der Waals surface area contributed by atoms with Crippen LogP contribution in [-0.4, -0.2) is 0 Å². The van der Waals surface area contributed by atoms with Gasteiger partial charge in [0, 0.05) is 6.42 Å². The fourth-order valence-electron chi connectivity index (χ4n) is 1.09. The summed E-state index contributed by atoms with van der Waals surface area (Å²) in [6.45, 7) is 6.66. The van der Waals surface area contributed by atoms with E-state index in [-0.39, 0.29) is 0 Å². The van der Waals surface area contributed by atoms with E-state index < -0.39 is 20.5 Å². The fraction of sp³-hybridized carbons (Fsp3) is 0.500. The Kier molecular flexibility index (Phi) is 8.85. The summed E-state index contributed by atoms with van der Waals surface area (Å²) in [6, 6.07) is 0. The van der Waals surface area contributed by atoms with Crippen molar-refractivity contribution in [1.29, 1.82) is 0 Å². The summed E-state index contributed by atoms with van der Waals surface area (Å²) in [5, 5.41) is 0. The van der Waals surface area contributed by atoms with Gasteiger partial charge in [-0.25, -0.2) is 0 Å². The molecule has 1 aliphatic rings. The van der Waals surface area contributed by atoms with Gasteiger partial charge < -0.3 is 0 Å². The van der Waals surface area contributed by atoms with Crippen molar-refractivity contribution in [3.63, 3.8) is 0 Å². The van der Waals surface area contributed by atoms with E-state index in [0.717, 1.165) is 6.42 Å². The molecule has 0 aliphatic heterocycles. The molecule has 0 aromatic rings. The second kappa shape index (κ2) is 8.26. The fourth-order valence-corrected chi connectivity index (χ4v) is 1.09. The van der Waals surface area contributed by atoms with Crippen molar-refractivity contribution in [2.45, 2.75) is 27.2 Å². The number of rotatable bonds is 2. The molecule has 0 aromatic heterocycles. The first-order valence-electron chi connectivity index (χ1n) is 4.37. The van der Waals surface area contributed by atoms with Crippen LogP contribution in [0.4, 0.5) is 0 Å². The molecule has 0 aromatic carbocycles. The minimum absolute atomic E-state index is 0.681. The summed E-state index contributed by atoms with van der Waals surface area (Å²) in [5.41, 5.74) is 2.93. The molecule has 0 heterocycles. The van der Waals surface area contributed by atoms with E-state index in [2.05, 4.69) is 39.3 Å². The van der Waals surface area contributed by atoms with Gasteiger partial charge in [-0.3, -0.25) is 0 Å². The van der Waals surface area contributed by atoms with Crippen molar-refractivity contribution in [3.05, 3.63) is 29.7 Å². The first-order chi connectivity index (χ1) is 6.15. The predicted molar refractivity (Wildman–Crippen MR) is 57.3 cm³/mol. The van der Waals surface area contributed by atoms with Crippen molar-refractivity contribution in [2.24, 2.45) is 5.92 Å². The minimum atomic E-state index is -0.972. The van der Waals surface area contributed by atoms with Crippen LogP contribution in [0.2, 0.25) is 0 Å². The van der Waals surface area contributed by atoms with Crippen LogP contribution in [0, 0.1) is 12.3 Å². The van der Waals surface area contributed by atoms with Crippen LogP contribution in [0.5, 0.6) is 0 Å². The molecule has 1 rings (SSSR count). The Morgan fingerprint density at radius 2 is 1.92 bits per heavy atom. The maximum absolute atomic E-state index is 4.96. The van der Waals surface area contributed by atoms with Crippen LogP contribution in [-0.2, 0) is 20.5 Å². The Balaban J connectivity index is 0.000000424. The number of hydrogen-bond donors (Lipinski definition) is 0. The molecule has 0 bridgehead atoms. The second-order valence-corrected chi connectivity index (χ2v) is 8.32. The first kappa shape index (κ1) is 13.9. The van der Waals surface area contributed by atoms with Crippen LogP contribution < -0.4 is 0 Å². The summed E-state index contributed by atoms with van der Waals surface area (Å²) < 4.78 is 0. The average Bonchev–Trinajstić information content (AvgIpc) is 2.53. The van der Waals surface area contributed by atoms with Crippen molar-refractivity contribution in [1.82, 2.24) is 0 Å². The van der Waals surface area contributed by atoms with E-state index in [9.17, 15) is 0 Å². The van der Waals surface area contributed by atoms with Crippen molar-refractivity contribution < 1.29 is 20.5 Å². The molecule has 1 aliphatic carbocycles. The summed E-state index contributed by atoms with van der Waals surface area (Å²) in [5.74, 6) is 0.681. The first-order valence-corrected chi connectivity index (χ1v) is 13.3. The van der Waals surface area contributed by atoms with E-state index in [0.29, 0.717) is 5.92 Å². The molecule has 0 amide bonds. The van der Waals surface area contributed by atoms with Gasteiger partial charge >= 0.3 is 37.7 Å². The van der Waals surface area contributed by atoms with Gasteiger partial charge in [0.2, 0.25) is 0 Å². The standard InChI is InChI=1S/C10H15.2ClH.Hf/c1-4-9-5-6-10(7-9)8(2)3;;;/h5-8H,4H2,1-3H3;2*1H;/q;;;+2/p-2. The van der Waals surface area contributed by atoms with Crippen molar-refractivity contribution in [2.75, 3.05) is 0 Å². The zero-order valence-corrected chi connectivity index (χ0v) is 13.4. The molecule has 73 valence electrons. The molecule has 0 N–H and O–H groups in total. The number of hydrogen-bond acceptors (Lipinski definition) is 0. The third-order valence-corrected chi connectivity index (χ3v) is 1.92. The molecule has 0 unspecified atom stereocenters. The molecule has 0 fully saturated rings. The van der Waals surface area contributed by atoms with E-state index in [1.165, 1.54) is 11.1 Å². The Bertz CT molecular complexity index is 195.